The number of aliphatic hydroxyl groups excluding tert-OH is 1. The van der Waals surface area contributed by atoms with Gasteiger partial charge in [-0.15, -0.1) is 0 Å². The van der Waals surface area contributed by atoms with E-state index in [9.17, 15) is 5.11 Å². The van der Waals surface area contributed by atoms with Crippen LogP contribution in [-0.4, -0.2) is 92.5 Å². The lowest BCUT2D eigenvalue weighted by molar-refractivity contribution is 0.00580. The molecule has 2 fully saturated rings. The van der Waals surface area contributed by atoms with Crippen molar-refractivity contribution in [2.24, 2.45) is 0 Å². The second-order valence-corrected chi connectivity index (χ2v) is 7.85. The number of hydrogen-bond acceptors (Lipinski definition) is 6. The molecule has 1 aromatic carbocycles. The summed E-state index contributed by atoms with van der Waals surface area (Å²) in [5.41, 5.74) is 1.16. The molecule has 0 bridgehead atoms. The molecule has 0 amide bonds. The highest BCUT2D eigenvalue weighted by molar-refractivity contribution is 5.40. The Kier molecular flexibility index (Phi) is 7.35. The number of benzene rings is 1. The van der Waals surface area contributed by atoms with Crippen molar-refractivity contribution < 1.29 is 14.6 Å². The van der Waals surface area contributed by atoms with Crippen molar-refractivity contribution in [2.75, 3.05) is 60.6 Å². The highest BCUT2D eigenvalue weighted by Gasteiger charge is 2.33. The van der Waals surface area contributed by atoms with Gasteiger partial charge in [-0.2, -0.15) is 0 Å². The van der Waals surface area contributed by atoms with Crippen LogP contribution in [-0.2, 0) is 6.54 Å². The minimum Gasteiger partial charge on any atom is -0.497 e. The highest BCUT2D eigenvalue weighted by Crippen LogP contribution is 2.28. The predicted molar refractivity (Wildman–Crippen MR) is 108 cm³/mol. The largest absolute Gasteiger partial charge is 0.497 e. The summed E-state index contributed by atoms with van der Waals surface area (Å²) in [5, 5.41) is 9.61. The second kappa shape index (κ2) is 9.73. The summed E-state index contributed by atoms with van der Waals surface area (Å²) >= 11 is 0. The first-order valence-electron chi connectivity index (χ1n) is 10.1. The summed E-state index contributed by atoms with van der Waals surface area (Å²) < 4.78 is 10.9. The molecule has 0 radical (unpaired) electrons. The molecule has 6 nitrogen and oxygen atoms in total. The van der Waals surface area contributed by atoms with Crippen LogP contribution in [0.5, 0.6) is 11.5 Å². The minimum atomic E-state index is 0.254. The van der Waals surface area contributed by atoms with Gasteiger partial charge in [-0.3, -0.25) is 9.80 Å². The Morgan fingerprint density at radius 1 is 1.07 bits per heavy atom. The van der Waals surface area contributed by atoms with E-state index in [2.05, 4.69) is 27.8 Å². The van der Waals surface area contributed by atoms with Crippen LogP contribution >= 0.6 is 0 Å². The van der Waals surface area contributed by atoms with Crippen molar-refractivity contribution in [3.8, 4) is 11.5 Å². The summed E-state index contributed by atoms with van der Waals surface area (Å²) in [5.74, 6) is 1.77. The molecule has 1 atom stereocenters. The molecule has 0 saturated carbocycles. The van der Waals surface area contributed by atoms with Crippen LogP contribution < -0.4 is 9.47 Å². The second-order valence-electron chi connectivity index (χ2n) is 7.85. The number of nitrogens with zero attached hydrogens (tertiary/aromatic N) is 3. The van der Waals surface area contributed by atoms with Gasteiger partial charge in [0.25, 0.3) is 0 Å². The molecule has 1 unspecified atom stereocenters. The Balaban J connectivity index is 1.66. The molecule has 2 saturated heterocycles. The van der Waals surface area contributed by atoms with Gasteiger partial charge in [0, 0.05) is 50.4 Å². The first-order valence-corrected chi connectivity index (χ1v) is 10.1. The van der Waals surface area contributed by atoms with Gasteiger partial charge < -0.3 is 19.5 Å². The molecular formula is C21H35N3O3. The van der Waals surface area contributed by atoms with Gasteiger partial charge in [-0.25, -0.2) is 0 Å². The third kappa shape index (κ3) is 5.13. The SMILES string of the molecule is COc1ccc(OC)c(CN2CCN(C3CCN(C)CC3)C(CCO)C2)c1. The van der Waals surface area contributed by atoms with Crippen molar-refractivity contribution in [2.45, 2.75) is 37.9 Å². The summed E-state index contributed by atoms with van der Waals surface area (Å²) in [6.45, 7) is 6.58. The zero-order chi connectivity index (χ0) is 19.2. The maximum atomic E-state index is 9.61. The molecule has 2 aliphatic rings. The van der Waals surface area contributed by atoms with Crippen LogP contribution in [0.3, 0.4) is 0 Å². The molecule has 152 valence electrons. The number of rotatable bonds is 7. The topological polar surface area (TPSA) is 48.4 Å². The van der Waals surface area contributed by atoms with E-state index in [0.29, 0.717) is 12.1 Å². The molecule has 2 aliphatic heterocycles. The van der Waals surface area contributed by atoms with Gasteiger partial charge in [0.1, 0.15) is 11.5 Å². The smallest absolute Gasteiger partial charge is 0.123 e. The third-order valence-electron chi connectivity index (χ3n) is 6.11. The number of hydrogen-bond donors (Lipinski definition) is 1. The fourth-order valence-electron chi connectivity index (χ4n) is 4.54. The fraction of sp³-hybridized carbons (Fsp3) is 0.714. The summed E-state index contributed by atoms with van der Waals surface area (Å²) in [7, 11) is 5.63. The van der Waals surface area contributed by atoms with Crippen molar-refractivity contribution in [1.82, 2.24) is 14.7 Å². The number of piperidine rings is 1. The normalized spacial score (nSPS) is 23.5. The summed E-state index contributed by atoms with van der Waals surface area (Å²) in [6.07, 6.45) is 3.32. The average molecular weight is 378 g/mol. The van der Waals surface area contributed by atoms with E-state index < -0.39 is 0 Å². The molecular weight excluding hydrogens is 342 g/mol. The van der Waals surface area contributed by atoms with Crippen LogP contribution in [0, 0.1) is 0 Å². The Hall–Kier alpha value is -1.34. The van der Waals surface area contributed by atoms with E-state index in [4.69, 9.17) is 9.47 Å². The minimum absolute atomic E-state index is 0.254. The van der Waals surface area contributed by atoms with E-state index in [-0.39, 0.29) is 6.61 Å². The molecule has 0 aromatic heterocycles. The van der Waals surface area contributed by atoms with Gasteiger partial charge in [0.2, 0.25) is 0 Å². The summed E-state index contributed by atoms with van der Waals surface area (Å²) in [4.78, 5) is 7.58. The maximum Gasteiger partial charge on any atom is 0.123 e. The Labute approximate surface area is 163 Å². The molecule has 1 aromatic rings. The lowest BCUT2D eigenvalue weighted by atomic mass is 9.98. The Morgan fingerprint density at radius 3 is 2.52 bits per heavy atom. The molecule has 0 spiro atoms. The molecule has 1 N–H and O–H groups in total. The first-order chi connectivity index (χ1) is 13.1. The average Bonchev–Trinajstić information content (AvgIpc) is 2.69. The molecule has 0 aliphatic carbocycles. The lowest BCUT2D eigenvalue weighted by Gasteiger charge is -2.47. The van der Waals surface area contributed by atoms with E-state index in [1.54, 1.807) is 14.2 Å². The first kappa shape index (κ1) is 20.4. The zero-order valence-electron chi connectivity index (χ0n) is 17.1. The molecule has 2 heterocycles. The quantitative estimate of drug-likeness (QED) is 0.780. The van der Waals surface area contributed by atoms with E-state index in [0.717, 1.165) is 49.7 Å². The van der Waals surface area contributed by atoms with Crippen molar-refractivity contribution >= 4 is 0 Å². The maximum absolute atomic E-state index is 9.61. The third-order valence-corrected chi connectivity index (χ3v) is 6.11. The van der Waals surface area contributed by atoms with Crippen LogP contribution in [0.2, 0.25) is 0 Å². The Morgan fingerprint density at radius 2 is 1.85 bits per heavy atom. The summed E-state index contributed by atoms with van der Waals surface area (Å²) in [6, 6.07) is 7.08. The van der Waals surface area contributed by atoms with Crippen molar-refractivity contribution in [1.29, 1.82) is 0 Å². The monoisotopic (exact) mass is 377 g/mol. The van der Waals surface area contributed by atoms with Crippen LogP contribution in [0.4, 0.5) is 0 Å². The van der Waals surface area contributed by atoms with Gasteiger partial charge in [0.15, 0.2) is 0 Å². The standard InChI is InChI=1S/C21H35N3O3/c1-22-9-6-18(7-10-22)24-12-11-23(16-19(24)8-13-25)15-17-14-20(26-2)4-5-21(17)27-3/h4-5,14,18-19,25H,6-13,15-16H2,1-3H3. The number of likely N-dealkylation sites (tertiary alicyclic amines) is 1. The van der Waals surface area contributed by atoms with Gasteiger partial charge in [0.05, 0.1) is 14.2 Å². The lowest BCUT2D eigenvalue weighted by Crippen LogP contribution is -2.58. The van der Waals surface area contributed by atoms with Gasteiger partial charge in [-0.1, -0.05) is 0 Å². The van der Waals surface area contributed by atoms with E-state index in [1.165, 1.54) is 25.9 Å². The number of piperazine rings is 1. The van der Waals surface area contributed by atoms with Crippen LogP contribution in [0.25, 0.3) is 0 Å². The van der Waals surface area contributed by atoms with Gasteiger partial charge in [-0.05, 0) is 57.6 Å². The zero-order valence-corrected chi connectivity index (χ0v) is 17.1. The fourth-order valence-corrected chi connectivity index (χ4v) is 4.54. The van der Waals surface area contributed by atoms with E-state index in [1.807, 2.05) is 12.1 Å². The number of ether oxygens (including phenoxy) is 2. The van der Waals surface area contributed by atoms with Crippen LogP contribution in [0.15, 0.2) is 18.2 Å². The Bertz CT molecular complexity index is 590. The van der Waals surface area contributed by atoms with Crippen molar-refractivity contribution in [3.05, 3.63) is 23.8 Å². The molecule has 27 heavy (non-hydrogen) atoms. The van der Waals surface area contributed by atoms with Crippen LogP contribution in [0.1, 0.15) is 24.8 Å². The van der Waals surface area contributed by atoms with Gasteiger partial charge >= 0.3 is 0 Å². The molecule has 6 heteroatoms. The predicted octanol–water partition coefficient (Wildman–Crippen LogP) is 1.67. The molecule has 3 rings (SSSR count). The number of methoxy groups -OCH3 is 2. The number of aliphatic hydroxyl groups is 1. The van der Waals surface area contributed by atoms with Crippen molar-refractivity contribution in [3.63, 3.8) is 0 Å². The highest BCUT2D eigenvalue weighted by atomic mass is 16.5. The van der Waals surface area contributed by atoms with E-state index >= 15 is 0 Å².